The van der Waals surface area contributed by atoms with E-state index in [4.69, 9.17) is 9.16 Å². The minimum Gasteiger partial charge on any atom is -0.444 e. The fraction of sp³-hybridized carbons (Fsp3) is 0.650. The Morgan fingerprint density at radius 3 is 2.20 bits per heavy atom. The monoisotopic (exact) mass is 365 g/mol. The van der Waals surface area contributed by atoms with E-state index in [-0.39, 0.29) is 16.7 Å². The lowest BCUT2D eigenvalue weighted by Crippen LogP contribution is -2.34. The molecule has 1 aromatic rings. The van der Waals surface area contributed by atoms with Gasteiger partial charge in [0.05, 0.1) is 5.60 Å². The van der Waals surface area contributed by atoms with Crippen LogP contribution in [0.1, 0.15) is 66.5 Å². The number of ether oxygens (including phenoxy) is 1. The number of benzene rings is 1. The Bertz CT molecular complexity index is 585. The summed E-state index contributed by atoms with van der Waals surface area (Å²) < 4.78 is 11.7. The molecule has 25 heavy (non-hydrogen) atoms. The maximum atomic E-state index is 12.1. The van der Waals surface area contributed by atoms with Gasteiger partial charge in [-0.2, -0.15) is 0 Å². The summed E-state index contributed by atoms with van der Waals surface area (Å²) in [4.78, 5) is 13.7. The van der Waals surface area contributed by atoms with Crippen LogP contribution in [-0.4, -0.2) is 33.4 Å². The zero-order valence-corrected chi connectivity index (χ0v) is 18.8. The summed E-state index contributed by atoms with van der Waals surface area (Å²) in [5, 5.41) is 0.256. The van der Waals surface area contributed by atoms with Crippen LogP contribution in [0.25, 0.3) is 0 Å². The second-order valence-corrected chi connectivity index (χ2v) is 12.1. The molecule has 0 heterocycles. The Morgan fingerprint density at radius 1 is 1.08 bits per heavy atom. The predicted molar refractivity (Wildman–Crippen MR) is 107 cm³/mol. The smallest absolute Gasteiger partial charge is 0.410 e. The van der Waals surface area contributed by atoms with Crippen molar-refractivity contribution in [2.24, 2.45) is 0 Å². The van der Waals surface area contributed by atoms with Gasteiger partial charge in [0, 0.05) is 13.6 Å². The first kappa shape index (κ1) is 21.7. The van der Waals surface area contributed by atoms with Crippen molar-refractivity contribution in [1.29, 1.82) is 0 Å². The number of nitrogens with zero attached hydrogens (tertiary/aromatic N) is 1. The first-order valence-electron chi connectivity index (χ1n) is 8.87. The number of amides is 1. The van der Waals surface area contributed by atoms with Crippen molar-refractivity contribution in [2.45, 2.75) is 78.2 Å². The number of rotatable bonds is 5. The van der Waals surface area contributed by atoms with Gasteiger partial charge in [-0.15, -0.1) is 0 Å². The van der Waals surface area contributed by atoms with Crippen LogP contribution in [0.3, 0.4) is 0 Å². The average molecular weight is 366 g/mol. The van der Waals surface area contributed by atoms with Gasteiger partial charge in [0.1, 0.15) is 5.60 Å². The zero-order valence-electron chi connectivity index (χ0n) is 17.4. The molecule has 1 aromatic carbocycles. The first-order valence-corrected chi connectivity index (χ1v) is 10.2. The van der Waals surface area contributed by atoms with Crippen molar-refractivity contribution in [3.63, 3.8) is 0 Å². The molecule has 0 radical (unpaired) electrons. The van der Waals surface area contributed by atoms with Crippen molar-refractivity contribution in [2.75, 3.05) is 7.05 Å². The van der Waals surface area contributed by atoms with Gasteiger partial charge < -0.3 is 14.1 Å². The third-order valence-corrected chi connectivity index (χ3v) is 5.35. The quantitative estimate of drug-likeness (QED) is 0.715. The van der Waals surface area contributed by atoms with Crippen LogP contribution in [0, 0.1) is 0 Å². The highest BCUT2D eigenvalue weighted by molar-refractivity contribution is 6.31. The van der Waals surface area contributed by atoms with E-state index in [2.05, 4.69) is 46.8 Å². The lowest BCUT2D eigenvalue weighted by molar-refractivity contribution is 0.0285. The normalized spacial score (nSPS) is 13.3. The minimum absolute atomic E-state index is 0.256. The summed E-state index contributed by atoms with van der Waals surface area (Å²) in [7, 11) is 1.11. The van der Waals surface area contributed by atoms with Crippen molar-refractivity contribution in [1.82, 2.24) is 4.90 Å². The number of hydrogen-bond acceptors (Lipinski definition) is 3. The average Bonchev–Trinajstić information content (AvgIpc) is 2.43. The molecule has 0 bridgehead atoms. The lowest BCUT2D eigenvalue weighted by atomic mass is 9.96. The standard InChI is InChI=1S/C20H35NO3Si/c1-18(2,3)23-17(22)21(9)14-15-11-10-12-16(13-15)20(7,8)24-25-19(4,5)6/h10-13H,14,25H2,1-9H3. The fourth-order valence-corrected chi connectivity index (χ4v) is 3.16. The van der Waals surface area contributed by atoms with Crippen molar-refractivity contribution in [3.8, 4) is 0 Å². The van der Waals surface area contributed by atoms with Gasteiger partial charge in [0.25, 0.3) is 0 Å². The second kappa shape index (κ2) is 7.91. The molecule has 0 saturated heterocycles. The third-order valence-electron chi connectivity index (χ3n) is 3.61. The highest BCUT2D eigenvalue weighted by atomic mass is 28.2. The number of hydrogen-bond donors (Lipinski definition) is 0. The lowest BCUT2D eigenvalue weighted by Gasteiger charge is -2.31. The third kappa shape index (κ3) is 8.06. The Hall–Kier alpha value is -1.33. The van der Waals surface area contributed by atoms with Gasteiger partial charge in [0.2, 0.25) is 0 Å². The van der Waals surface area contributed by atoms with E-state index in [1.54, 1.807) is 11.9 Å². The summed E-state index contributed by atoms with van der Waals surface area (Å²) in [6.07, 6.45) is -0.312. The van der Waals surface area contributed by atoms with E-state index in [1.807, 2.05) is 32.9 Å². The molecular weight excluding hydrogens is 330 g/mol. The number of carbonyl (C=O) groups is 1. The maximum absolute atomic E-state index is 12.1. The molecule has 5 heteroatoms. The molecule has 0 aliphatic carbocycles. The summed E-state index contributed by atoms with van der Waals surface area (Å²) in [5.74, 6) is 0. The minimum atomic E-state index is -0.649. The molecule has 0 aliphatic heterocycles. The van der Waals surface area contributed by atoms with Gasteiger partial charge in [-0.3, -0.25) is 0 Å². The maximum Gasteiger partial charge on any atom is 0.410 e. The highest BCUT2D eigenvalue weighted by Gasteiger charge is 2.25. The Balaban J connectivity index is 2.82. The molecule has 142 valence electrons. The molecule has 4 nitrogen and oxygen atoms in total. The van der Waals surface area contributed by atoms with E-state index in [9.17, 15) is 4.79 Å². The Kier molecular flexibility index (Phi) is 6.87. The second-order valence-electron chi connectivity index (χ2n) is 9.40. The summed E-state index contributed by atoms with van der Waals surface area (Å²) in [5.41, 5.74) is 1.40. The first-order chi connectivity index (χ1) is 11.2. The SMILES string of the molecule is CN(Cc1cccc(C(C)(C)O[SiH2]C(C)(C)C)c1)C(=O)OC(C)(C)C. The molecule has 0 saturated carbocycles. The largest absolute Gasteiger partial charge is 0.444 e. The van der Waals surface area contributed by atoms with Crippen molar-refractivity contribution < 1.29 is 14.0 Å². The van der Waals surface area contributed by atoms with E-state index in [0.717, 1.165) is 11.1 Å². The predicted octanol–water partition coefficient (Wildman–Crippen LogP) is 4.61. The van der Waals surface area contributed by atoms with Crippen LogP contribution in [0.2, 0.25) is 5.04 Å². The van der Waals surface area contributed by atoms with E-state index >= 15 is 0 Å². The van der Waals surface area contributed by atoms with Crippen molar-refractivity contribution in [3.05, 3.63) is 35.4 Å². The topological polar surface area (TPSA) is 38.8 Å². The van der Waals surface area contributed by atoms with Crippen LogP contribution < -0.4 is 0 Å². The fourth-order valence-electron chi connectivity index (χ4n) is 2.20. The Labute approximate surface area is 155 Å². The van der Waals surface area contributed by atoms with E-state index in [1.165, 1.54) is 0 Å². The molecule has 0 atom stereocenters. The molecule has 0 aliphatic rings. The zero-order chi connectivity index (χ0) is 19.5. The molecule has 0 aromatic heterocycles. The van der Waals surface area contributed by atoms with Gasteiger partial charge in [0.15, 0.2) is 9.76 Å². The van der Waals surface area contributed by atoms with E-state index < -0.39 is 15.4 Å². The molecule has 1 rings (SSSR count). The van der Waals surface area contributed by atoms with Crippen molar-refractivity contribution >= 4 is 15.9 Å². The van der Waals surface area contributed by atoms with Gasteiger partial charge in [-0.1, -0.05) is 45.0 Å². The number of carbonyl (C=O) groups excluding carboxylic acids is 1. The van der Waals surface area contributed by atoms with Crippen LogP contribution in [-0.2, 0) is 21.3 Å². The van der Waals surface area contributed by atoms with Crippen LogP contribution in [0.4, 0.5) is 4.79 Å². The van der Waals surface area contributed by atoms with E-state index in [0.29, 0.717) is 6.54 Å². The summed E-state index contributed by atoms with van der Waals surface area (Å²) in [6.45, 7) is 17.0. The van der Waals surface area contributed by atoms with Crippen LogP contribution in [0.15, 0.2) is 24.3 Å². The summed E-state index contributed by atoms with van der Waals surface area (Å²) in [6, 6.07) is 8.27. The molecule has 0 fully saturated rings. The molecular formula is C20H35NO3Si. The van der Waals surface area contributed by atoms with Gasteiger partial charge >= 0.3 is 6.09 Å². The highest BCUT2D eigenvalue weighted by Crippen LogP contribution is 2.30. The molecule has 1 amide bonds. The van der Waals surface area contributed by atoms with Crippen LogP contribution in [0.5, 0.6) is 0 Å². The molecule has 0 spiro atoms. The van der Waals surface area contributed by atoms with Crippen LogP contribution >= 0.6 is 0 Å². The molecule has 0 N–H and O–H groups in total. The summed E-state index contributed by atoms with van der Waals surface area (Å²) >= 11 is 0. The molecule has 0 unspecified atom stereocenters. The van der Waals surface area contributed by atoms with Gasteiger partial charge in [-0.05, 0) is 50.8 Å². The van der Waals surface area contributed by atoms with Gasteiger partial charge in [-0.25, -0.2) is 4.79 Å². The Morgan fingerprint density at radius 2 is 1.68 bits per heavy atom.